The molecule has 0 radical (unpaired) electrons. The second-order valence-electron chi connectivity index (χ2n) is 4.48. The van der Waals surface area contributed by atoms with Crippen LogP contribution in [0.15, 0.2) is 34.8 Å². The van der Waals surface area contributed by atoms with Gasteiger partial charge in [0.05, 0.1) is 11.1 Å². The third-order valence-corrected chi connectivity index (χ3v) is 4.61. The van der Waals surface area contributed by atoms with Crippen molar-refractivity contribution in [2.75, 3.05) is 6.54 Å². The van der Waals surface area contributed by atoms with Crippen molar-refractivity contribution in [1.29, 1.82) is 0 Å². The van der Waals surface area contributed by atoms with Gasteiger partial charge in [-0.25, -0.2) is 4.39 Å². The summed E-state index contributed by atoms with van der Waals surface area (Å²) < 4.78 is 14.8. The summed E-state index contributed by atoms with van der Waals surface area (Å²) in [4.78, 5) is 0. The molecule has 0 fully saturated rings. The molecule has 1 atom stereocenters. The molecule has 0 aromatic heterocycles. The van der Waals surface area contributed by atoms with Gasteiger partial charge in [-0.05, 0) is 58.4 Å². The Labute approximate surface area is 146 Å². The van der Waals surface area contributed by atoms with E-state index in [2.05, 4.69) is 21.2 Å². The lowest BCUT2D eigenvalue weighted by atomic mass is 9.98. The highest BCUT2D eigenvalue weighted by molar-refractivity contribution is 9.10. The molecule has 0 saturated heterocycles. The first-order chi connectivity index (χ1) is 9.92. The van der Waals surface area contributed by atoms with E-state index in [1.807, 2.05) is 6.92 Å². The third-order valence-electron chi connectivity index (χ3n) is 2.98. The highest BCUT2D eigenvalue weighted by Gasteiger charge is 2.19. The van der Waals surface area contributed by atoms with Crippen molar-refractivity contribution in [1.82, 2.24) is 5.32 Å². The predicted molar refractivity (Wildman–Crippen MR) is 91.1 cm³/mol. The van der Waals surface area contributed by atoms with Crippen molar-refractivity contribution in [3.8, 4) is 0 Å². The molecule has 0 heterocycles. The molecule has 0 bridgehead atoms. The molecule has 1 unspecified atom stereocenters. The van der Waals surface area contributed by atoms with Crippen molar-refractivity contribution in [2.24, 2.45) is 0 Å². The molecule has 0 aliphatic rings. The summed E-state index contributed by atoms with van der Waals surface area (Å²) in [5.74, 6) is -0.353. The van der Waals surface area contributed by atoms with Crippen molar-refractivity contribution in [3.63, 3.8) is 0 Å². The van der Waals surface area contributed by atoms with Crippen LogP contribution < -0.4 is 5.32 Å². The Morgan fingerprint density at radius 3 is 2.29 bits per heavy atom. The number of nitrogens with one attached hydrogen (secondary N) is 1. The van der Waals surface area contributed by atoms with Crippen molar-refractivity contribution < 1.29 is 4.39 Å². The van der Waals surface area contributed by atoms with Gasteiger partial charge in [0.25, 0.3) is 0 Å². The summed E-state index contributed by atoms with van der Waals surface area (Å²) in [6.07, 6.45) is 0. The van der Waals surface area contributed by atoms with Gasteiger partial charge in [-0.3, -0.25) is 0 Å². The Bertz CT molecular complexity index is 643. The van der Waals surface area contributed by atoms with E-state index in [-0.39, 0.29) is 11.9 Å². The highest BCUT2D eigenvalue weighted by Crippen LogP contribution is 2.33. The first-order valence-corrected chi connectivity index (χ1v) is 8.19. The van der Waals surface area contributed by atoms with Crippen molar-refractivity contribution in [2.45, 2.75) is 13.0 Å². The third kappa shape index (κ3) is 4.11. The largest absolute Gasteiger partial charge is 0.306 e. The molecular formula is C15H12BrCl3FN. The summed E-state index contributed by atoms with van der Waals surface area (Å²) >= 11 is 21.4. The molecule has 2 aromatic rings. The summed E-state index contributed by atoms with van der Waals surface area (Å²) in [5.41, 5.74) is 1.23. The zero-order chi connectivity index (χ0) is 15.6. The van der Waals surface area contributed by atoms with Gasteiger partial charge in [-0.2, -0.15) is 0 Å². The van der Waals surface area contributed by atoms with Gasteiger partial charge in [0.1, 0.15) is 5.82 Å². The van der Waals surface area contributed by atoms with Gasteiger partial charge in [-0.15, -0.1) is 0 Å². The maximum atomic E-state index is 14.3. The van der Waals surface area contributed by atoms with Gasteiger partial charge in [0.2, 0.25) is 0 Å². The number of hydrogen-bond acceptors (Lipinski definition) is 1. The Hall–Kier alpha value is -0.320. The van der Waals surface area contributed by atoms with Gasteiger partial charge in [0, 0.05) is 20.1 Å². The maximum absolute atomic E-state index is 14.3. The highest BCUT2D eigenvalue weighted by atomic mass is 79.9. The van der Waals surface area contributed by atoms with Crippen molar-refractivity contribution >= 4 is 50.7 Å². The zero-order valence-corrected chi connectivity index (χ0v) is 14.9. The van der Waals surface area contributed by atoms with Crippen LogP contribution in [0.4, 0.5) is 4.39 Å². The summed E-state index contributed by atoms with van der Waals surface area (Å²) in [6, 6.07) is 7.74. The number of hydrogen-bond donors (Lipinski definition) is 1. The molecule has 1 N–H and O–H groups in total. The Morgan fingerprint density at radius 1 is 1.10 bits per heavy atom. The molecule has 2 rings (SSSR count). The Kier molecular flexibility index (Phi) is 5.92. The monoisotopic (exact) mass is 409 g/mol. The molecule has 112 valence electrons. The van der Waals surface area contributed by atoms with Crippen LogP contribution in [0.25, 0.3) is 0 Å². The first-order valence-electron chi connectivity index (χ1n) is 6.26. The number of halogens is 5. The lowest BCUT2D eigenvalue weighted by molar-refractivity contribution is 0.558. The van der Waals surface area contributed by atoms with E-state index in [0.717, 1.165) is 5.56 Å². The predicted octanol–water partition coefficient (Wildman–Crippen LogP) is 6.25. The number of rotatable bonds is 4. The van der Waals surface area contributed by atoms with E-state index in [1.54, 1.807) is 24.3 Å². The fourth-order valence-electron chi connectivity index (χ4n) is 2.11. The van der Waals surface area contributed by atoms with E-state index in [1.165, 1.54) is 6.07 Å². The SMILES string of the molecule is CCNC(c1cc(Cl)cc(Cl)c1)c1cc(Cl)c(Br)cc1F. The average molecular weight is 412 g/mol. The van der Waals surface area contributed by atoms with E-state index in [0.29, 0.717) is 31.6 Å². The zero-order valence-electron chi connectivity index (χ0n) is 11.1. The quantitative estimate of drug-likeness (QED) is 0.587. The molecular weight excluding hydrogens is 399 g/mol. The van der Waals surface area contributed by atoms with Crippen LogP contribution in [-0.4, -0.2) is 6.54 Å². The molecule has 0 amide bonds. The lowest BCUT2D eigenvalue weighted by Gasteiger charge is -2.21. The molecule has 0 spiro atoms. The Balaban J connectivity index is 2.55. The minimum atomic E-state index is -0.378. The fraction of sp³-hybridized carbons (Fsp3) is 0.200. The van der Waals surface area contributed by atoms with Crippen LogP contribution >= 0.6 is 50.7 Å². The lowest BCUT2D eigenvalue weighted by Crippen LogP contribution is -2.23. The van der Waals surface area contributed by atoms with Gasteiger partial charge in [0.15, 0.2) is 0 Å². The van der Waals surface area contributed by atoms with Crippen LogP contribution in [0.1, 0.15) is 24.1 Å². The summed E-state index contributed by atoms with van der Waals surface area (Å²) in [5, 5.41) is 4.68. The van der Waals surface area contributed by atoms with Crippen LogP contribution in [0.3, 0.4) is 0 Å². The second-order valence-corrected chi connectivity index (χ2v) is 6.62. The molecule has 0 saturated carbocycles. The molecule has 0 aliphatic heterocycles. The van der Waals surface area contributed by atoms with Crippen LogP contribution in [0.2, 0.25) is 15.1 Å². The fourth-order valence-corrected chi connectivity index (χ4v) is 3.14. The van der Waals surface area contributed by atoms with Crippen LogP contribution in [0.5, 0.6) is 0 Å². The normalized spacial score (nSPS) is 12.5. The van der Waals surface area contributed by atoms with E-state index < -0.39 is 0 Å². The smallest absolute Gasteiger partial charge is 0.129 e. The molecule has 1 nitrogen and oxygen atoms in total. The van der Waals surface area contributed by atoms with E-state index in [4.69, 9.17) is 34.8 Å². The molecule has 6 heteroatoms. The van der Waals surface area contributed by atoms with Gasteiger partial charge in [-0.1, -0.05) is 41.7 Å². The van der Waals surface area contributed by atoms with E-state index in [9.17, 15) is 4.39 Å². The average Bonchev–Trinajstić information content (AvgIpc) is 2.39. The molecule has 0 aliphatic carbocycles. The van der Waals surface area contributed by atoms with Gasteiger partial charge >= 0.3 is 0 Å². The van der Waals surface area contributed by atoms with Crippen LogP contribution in [-0.2, 0) is 0 Å². The topological polar surface area (TPSA) is 12.0 Å². The van der Waals surface area contributed by atoms with Crippen LogP contribution in [0, 0.1) is 5.82 Å². The first kappa shape index (κ1) is 17.0. The summed E-state index contributed by atoms with van der Waals surface area (Å²) in [7, 11) is 0. The summed E-state index contributed by atoms with van der Waals surface area (Å²) in [6.45, 7) is 2.60. The number of benzene rings is 2. The molecule has 2 aromatic carbocycles. The van der Waals surface area contributed by atoms with E-state index >= 15 is 0 Å². The minimum Gasteiger partial charge on any atom is -0.306 e. The van der Waals surface area contributed by atoms with Crippen molar-refractivity contribution in [3.05, 3.63) is 66.8 Å². The molecule has 21 heavy (non-hydrogen) atoms. The minimum absolute atomic E-state index is 0.353. The Morgan fingerprint density at radius 2 is 1.71 bits per heavy atom. The maximum Gasteiger partial charge on any atom is 0.129 e. The van der Waals surface area contributed by atoms with Gasteiger partial charge < -0.3 is 5.32 Å². The second kappa shape index (κ2) is 7.30. The standard InChI is InChI=1S/C15H12BrCl3FN/c1-2-21-15(8-3-9(17)5-10(18)4-8)11-6-13(19)12(16)7-14(11)20/h3-7,15,21H,2H2,1H3.